The highest BCUT2D eigenvalue weighted by Crippen LogP contribution is 2.48. The van der Waals surface area contributed by atoms with E-state index in [-0.39, 0.29) is 0 Å². The lowest BCUT2D eigenvalue weighted by Crippen LogP contribution is -2.56. The Morgan fingerprint density at radius 3 is 1.39 bits per heavy atom. The van der Waals surface area contributed by atoms with Gasteiger partial charge in [-0.25, -0.2) is 4.39 Å². The third-order valence-electron chi connectivity index (χ3n) is 1.52. The predicted molar refractivity (Wildman–Crippen MR) is 32.9 cm³/mol. The first-order valence-electron chi connectivity index (χ1n) is 3.79. The van der Waals surface area contributed by atoms with Crippen LogP contribution in [0.1, 0.15) is 0 Å². The van der Waals surface area contributed by atoms with Crippen molar-refractivity contribution in [1.82, 2.24) is 0 Å². The van der Waals surface area contributed by atoms with Crippen LogP contribution in [0.15, 0.2) is 0 Å². The molecule has 1 unspecified atom stereocenters. The van der Waals surface area contributed by atoms with Gasteiger partial charge in [-0.05, 0) is 0 Å². The topological polar surface area (TPSA) is 9.23 Å². The van der Waals surface area contributed by atoms with Gasteiger partial charge in [-0.2, -0.15) is 43.9 Å². The van der Waals surface area contributed by atoms with Crippen LogP contribution < -0.4 is 0 Å². The van der Waals surface area contributed by atoms with Crippen LogP contribution in [0.5, 0.6) is 0 Å². The van der Waals surface area contributed by atoms with Crippen molar-refractivity contribution in [2.75, 3.05) is 6.67 Å². The van der Waals surface area contributed by atoms with Gasteiger partial charge in [0.1, 0.15) is 6.67 Å². The second-order valence-electron chi connectivity index (χ2n) is 2.89. The number of alkyl halides is 11. The molecule has 18 heavy (non-hydrogen) atoms. The molecule has 12 heteroatoms. The van der Waals surface area contributed by atoms with E-state index in [1.54, 1.807) is 0 Å². The molecule has 0 aliphatic rings. The average molecular weight is 300 g/mol. The summed E-state index contributed by atoms with van der Waals surface area (Å²) in [5.74, 6) is -6.89. The summed E-state index contributed by atoms with van der Waals surface area (Å²) in [7, 11) is 0. The minimum Gasteiger partial charge on any atom is -0.300 e. The molecule has 0 aliphatic heterocycles. The van der Waals surface area contributed by atoms with E-state index in [2.05, 4.69) is 4.74 Å². The highest BCUT2D eigenvalue weighted by Gasteiger charge is 2.75. The number of rotatable bonds is 4. The van der Waals surface area contributed by atoms with E-state index in [0.717, 1.165) is 0 Å². The molecule has 0 aromatic rings. The maximum atomic E-state index is 12.3. The minimum absolute atomic E-state index is 2.24. The Kier molecular flexibility index (Phi) is 4.49. The van der Waals surface area contributed by atoms with Crippen molar-refractivity contribution in [3.63, 3.8) is 0 Å². The van der Waals surface area contributed by atoms with E-state index in [4.69, 9.17) is 0 Å². The maximum Gasteiger partial charge on any atom is 0.462 e. The van der Waals surface area contributed by atoms with Crippen LogP contribution in [0.25, 0.3) is 0 Å². The SMILES string of the molecule is FCC(OC(F)(F)C(F)(F)C(F)(F)F)C(F)(F)F. The number of hydrogen-bond donors (Lipinski definition) is 0. The molecule has 0 saturated carbocycles. The molecule has 0 aromatic carbocycles. The molecular weight excluding hydrogens is 297 g/mol. The lowest BCUT2D eigenvalue weighted by atomic mass is 10.3. The van der Waals surface area contributed by atoms with Gasteiger partial charge in [-0.3, -0.25) is 4.74 Å². The van der Waals surface area contributed by atoms with Crippen molar-refractivity contribution < 1.29 is 53.0 Å². The van der Waals surface area contributed by atoms with Gasteiger partial charge in [-0.1, -0.05) is 0 Å². The molecular formula is C6H3F11O. The van der Waals surface area contributed by atoms with Crippen molar-refractivity contribution in [3.05, 3.63) is 0 Å². The summed E-state index contributed by atoms with van der Waals surface area (Å²) in [4.78, 5) is 0. The van der Waals surface area contributed by atoms with Crippen molar-refractivity contribution in [3.8, 4) is 0 Å². The highest BCUT2D eigenvalue weighted by molar-refractivity contribution is 4.86. The fraction of sp³-hybridized carbons (Fsp3) is 1.00. The Hall–Kier alpha value is -0.810. The largest absolute Gasteiger partial charge is 0.462 e. The first-order valence-corrected chi connectivity index (χ1v) is 3.79. The van der Waals surface area contributed by atoms with Crippen LogP contribution in [0.3, 0.4) is 0 Å². The van der Waals surface area contributed by atoms with Gasteiger partial charge in [0.05, 0.1) is 0 Å². The zero-order valence-corrected chi connectivity index (χ0v) is 7.85. The van der Waals surface area contributed by atoms with Crippen molar-refractivity contribution in [2.24, 2.45) is 0 Å². The summed E-state index contributed by atoms with van der Waals surface area (Å²) in [6, 6.07) is 0. The molecule has 0 radical (unpaired) electrons. The molecule has 1 atom stereocenters. The van der Waals surface area contributed by atoms with Crippen molar-refractivity contribution in [2.45, 2.75) is 30.5 Å². The summed E-state index contributed by atoms with van der Waals surface area (Å²) < 4.78 is 132. The molecule has 0 N–H and O–H groups in total. The molecule has 0 amide bonds. The van der Waals surface area contributed by atoms with E-state index in [0.29, 0.717) is 0 Å². The fourth-order valence-corrected chi connectivity index (χ4v) is 0.603. The summed E-state index contributed by atoms with van der Waals surface area (Å²) in [6.45, 7) is -2.74. The van der Waals surface area contributed by atoms with Gasteiger partial charge in [0.15, 0.2) is 6.10 Å². The van der Waals surface area contributed by atoms with Crippen LogP contribution >= 0.6 is 0 Å². The van der Waals surface area contributed by atoms with Crippen molar-refractivity contribution in [1.29, 1.82) is 0 Å². The van der Waals surface area contributed by atoms with Crippen LogP contribution in [0.2, 0.25) is 0 Å². The Balaban J connectivity index is 5.18. The Morgan fingerprint density at radius 2 is 1.17 bits per heavy atom. The average Bonchev–Trinajstić information content (AvgIpc) is 2.10. The summed E-state index contributed by atoms with van der Waals surface area (Å²) >= 11 is 0. The van der Waals surface area contributed by atoms with Gasteiger partial charge in [0.2, 0.25) is 0 Å². The minimum atomic E-state index is -6.89. The van der Waals surface area contributed by atoms with E-state index in [1.807, 2.05) is 0 Å². The third kappa shape index (κ3) is 3.36. The Labute approximate surface area is 91.5 Å². The number of halogens is 11. The molecule has 0 aliphatic carbocycles. The zero-order valence-electron chi connectivity index (χ0n) is 7.85. The lowest BCUT2D eigenvalue weighted by molar-refractivity contribution is -0.445. The van der Waals surface area contributed by atoms with Crippen LogP contribution in [-0.2, 0) is 4.74 Å². The van der Waals surface area contributed by atoms with E-state index in [9.17, 15) is 48.3 Å². The Morgan fingerprint density at radius 1 is 0.778 bits per heavy atom. The van der Waals surface area contributed by atoms with Gasteiger partial charge in [0, 0.05) is 0 Å². The first kappa shape index (κ1) is 17.2. The first-order chi connectivity index (χ1) is 7.67. The molecule has 0 aromatic heterocycles. The second kappa shape index (κ2) is 4.70. The van der Waals surface area contributed by atoms with Gasteiger partial charge >= 0.3 is 24.4 Å². The number of ether oxygens (including phenoxy) is 1. The molecule has 110 valence electrons. The predicted octanol–water partition coefficient (Wildman–Crippen LogP) is 3.69. The quantitative estimate of drug-likeness (QED) is 0.719. The molecule has 0 bridgehead atoms. The van der Waals surface area contributed by atoms with Gasteiger partial charge in [0.25, 0.3) is 0 Å². The van der Waals surface area contributed by atoms with Crippen LogP contribution in [0, 0.1) is 0 Å². The molecule has 0 fully saturated rings. The highest BCUT2D eigenvalue weighted by atomic mass is 19.4. The maximum absolute atomic E-state index is 12.3. The van der Waals surface area contributed by atoms with Gasteiger partial charge in [-0.15, -0.1) is 0 Å². The monoisotopic (exact) mass is 300 g/mol. The lowest BCUT2D eigenvalue weighted by Gasteiger charge is -2.30. The summed E-state index contributed by atoms with van der Waals surface area (Å²) in [6.07, 6.45) is -23.4. The molecule has 0 heterocycles. The third-order valence-corrected chi connectivity index (χ3v) is 1.52. The van der Waals surface area contributed by atoms with Crippen LogP contribution in [0.4, 0.5) is 48.3 Å². The van der Waals surface area contributed by atoms with E-state index in [1.165, 1.54) is 0 Å². The standard InChI is InChI=1S/C6H3F11O/c7-1-2(3(8,9)10)18-6(16,17)4(11,12)5(13,14)15/h2H,1H2. The van der Waals surface area contributed by atoms with Gasteiger partial charge < -0.3 is 0 Å². The summed E-state index contributed by atoms with van der Waals surface area (Å²) in [5, 5.41) is 0. The normalized spacial score (nSPS) is 16.8. The number of hydrogen-bond acceptors (Lipinski definition) is 1. The molecule has 1 nitrogen and oxygen atoms in total. The summed E-state index contributed by atoms with van der Waals surface area (Å²) in [5.41, 5.74) is 0. The molecule has 0 rings (SSSR count). The van der Waals surface area contributed by atoms with Crippen LogP contribution in [-0.4, -0.2) is 37.2 Å². The Bertz CT molecular complexity index is 276. The molecule has 0 saturated heterocycles. The smallest absolute Gasteiger partial charge is 0.300 e. The fourth-order valence-electron chi connectivity index (χ4n) is 0.603. The molecule has 0 spiro atoms. The van der Waals surface area contributed by atoms with Crippen molar-refractivity contribution >= 4 is 0 Å². The zero-order chi connectivity index (χ0) is 15.0. The van der Waals surface area contributed by atoms with E-state index < -0.39 is 37.2 Å². The second-order valence-corrected chi connectivity index (χ2v) is 2.89. The van der Waals surface area contributed by atoms with E-state index >= 15 is 0 Å².